The van der Waals surface area contributed by atoms with Crippen molar-refractivity contribution in [1.29, 1.82) is 0 Å². The highest BCUT2D eigenvalue weighted by Gasteiger charge is 2.09. The minimum Gasteiger partial charge on any atom is -0.481 e. The van der Waals surface area contributed by atoms with Gasteiger partial charge in [-0.2, -0.15) is 0 Å². The quantitative estimate of drug-likeness (QED) is 0.708. The van der Waals surface area contributed by atoms with Crippen LogP contribution in [0.5, 0.6) is 5.88 Å². The summed E-state index contributed by atoms with van der Waals surface area (Å²) < 4.78 is 5.06. The van der Waals surface area contributed by atoms with Gasteiger partial charge in [0.25, 0.3) is 0 Å². The molecule has 0 amide bonds. The van der Waals surface area contributed by atoms with Gasteiger partial charge in [-0.3, -0.25) is 0 Å². The van der Waals surface area contributed by atoms with Crippen LogP contribution in [0.4, 0.5) is 0 Å². The predicted octanol–water partition coefficient (Wildman–Crippen LogP) is 3.77. The highest BCUT2D eigenvalue weighted by atomic mass is 16.5. The third-order valence-electron chi connectivity index (χ3n) is 2.71. The minimum absolute atomic E-state index is 0.665. The van der Waals surface area contributed by atoms with Crippen LogP contribution in [0.15, 0.2) is 18.3 Å². The molecule has 0 aliphatic rings. The lowest BCUT2D eigenvalue weighted by atomic mass is 9.92. The molecule has 15 heavy (non-hydrogen) atoms. The zero-order valence-electron chi connectivity index (χ0n) is 9.99. The van der Waals surface area contributed by atoms with Crippen molar-refractivity contribution in [2.45, 2.75) is 45.4 Å². The highest BCUT2D eigenvalue weighted by molar-refractivity contribution is 5.21. The van der Waals surface area contributed by atoms with Gasteiger partial charge in [0.05, 0.1) is 7.11 Å². The van der Waals surface area contributed by atoms with E-state index in [-0.39, 0.29) is 0 Å². The monoisotopic (exact) mass is 207 g/mol. The molecule has 84 valence electrons. The number of ether oxygens (including phenoxy) is 1. The molecule has 1 rings (SSSR count). The van der Waals surface area contributed by atoms with Crippen LogP contribution in [0, 0.1) is 0 Å². The van der Waals surface area contributed by atoms with Crippen LogP contribution in [0.3, 0.4) is 0 Å². The van der Waals surface area contributed by atoms with Crippen molar-refractivity contribution in [3.63, 3.8) is 0 Å². The Morgan fingerprint density at radius 1 is 1.20 bits per heavy atom. The molecule has 0 aromatic carbocycles. The average Bonchev–Trinajstić information content (AvgIpc) is 2.29. The van der Waals surface area contributed by atoms with E-state index in [1.165, 1.54) is 31.2 Å². The lowest BCUT2D eigenvalue weighted by molar-refractivity contribution is 0.397. The maximum atomic E-state index is 5.06. The van der Waals surface area contributed by atoms with Gasteiger partial charge in [0.1, 0.15) is 0 Å². The van der Waals surface area contributed by atoms with Crippen molar-refractivity contribution in [2.75, 3.05) is 7.11 Å². The zero-order valence-corrected chi connectivity index (χ0v) is 9.99. The summed E-state index contributed by atoms with van der Waals surface area (Å²) in [5.74, 6) is 1.36. The molecule has 2 heteroatoms. The smallest absolute Gasteiger partial charge is 0.212 e. The van der Waals surface area contributed by atoms with Gasteiger partial charge >= 0.3 is 0 Å². The molecule has 0 spiro atoms. The van der Waals surface area contributed by atoms with Crippen molar-refractivity contribution in [3.8, 4) is 5.88 Å². The van der Waals surface area contributed by atoms with Crippen molar-refractivity contribution in [2.24, 2.45) is 0 Å². The Labute approximate surface area is 92.7 Å². The molecule has 0 aliphatic heterocycles. The Bertz CT molecular complexity index is 262. The summed E-state index contributed by atoms with van der Waals surface area (Å²) >= 11 is 0. The lowest BCUT2D eigenvalue weighted by Gasteiger charge is -2.15. The van der Waals surface area contributed by atoms with E-state index in [4.69, 9.17) is 4.74 Å². The molecule has 0 atom stereocenters. The predicted molar refractivity (Wildman–Crippen MR) is 63.3 cm³/mol. The first-order valence-corrected chi connectivity index (χ1v) is 5.81. The van der Waals surface area contributed by atoms with E-state index in [2.05, 4.69) is 24.9 Å². The summed E-state index contributed by atoms with van der Waals surface area (Å²) in [6, 6.07) is 4.09. The minimum atomic E-state index is 0.665. The number of nitrogens with zero attached hydrogens (tertiary/aromatic N) is 1. The summed E-state index contributed by atoms with van der Waals surface area (Å²) in [5, 5.41) is 0. The molecule has 0 aliphatic carbocycles. The van der Waals surface area contributed by atoms with Gasteiger partial charge in [-0.25, -0.2) is 4.98 Å². The summed E-state index contributed by atoms with van der Waals surface area (Å²) in [4.78, 5) is 4.26. The first kappa shape index (κ1) is 12.0. The molecule has 0 unspecified atom stereocenters. The third kappa shape index (κ3) is 3.54. The van der Waals surface area contributed by atoms with Gasteiger partial charge in [-0.05, 0) is 24.3 Å². The number of hydrogen-bond donors (Lipinski definition) is 0. The second kappa shape index (κ2) is 6.44. The molecule has 0 bridgehead atoms. The Balaban J connectivity index is 2.72. The molecule has 2 nitrogen and oxygen atoms in total. The van der Waals surface area contributed by atoms with Crippen molar-refractivity contribution in [1.82, 2.24) is 4.98 Å². The largest absolute Gasteiger partial charge is 0.481 e. The normalized spacial score (nSPS) is 10.7. The van der Waals surface area contributed by atoms with E-state index in [0.29, 0.717) is 11.8 Å². The number of methoxy groups -OCH3 is 1. The molecule has 0 N–H and O–H groups in total. The van der Waals surface area contributed by atoms with Crippen LogP contribution in [0.1, 0.15) is 51.0 Å². The molecule has 0 saturated carbocycles. The highest BCUT2D eigenvalue weighted by Crippen LogP contribution is 2.26. The van der Waals surface area contributed by atoms with Gasteiger partial charge in [0.15, 0.2) is 0 Å². The van der Waals surface area contributed by atoms with E-state index in [9.17, 15) is 0 Å². The third-order valence-corrected chi connectivity index (χ3v) is 2.71. The van der Waals surface area contributed by atoms with Crippen LogP contribution in [-0.4, -0.2) is 12.1 Å². The molecular weight excluding hydrogens is 186 g/mol. The molecule has 1 aromatic rings. The second-order valence-corrected chi connectivity index (χ2v) is 3.91. The molecule has 0 saturated heterocycles. The summed E-state index contributed by atoms with van der Waals surface area (Å²) in [5.41, 5.74) is 1.35. The molecular formula is C13H21NO. The van der Waals surface area contributed by atoms with E-state index in [1.807, 2.05) is 12.3 Å². The van der Waals surface area contributed by atoms with Crippen LogP contribution in [0.25, 0.3) is 0 Å². The van der Waals surface area contributed by atoms with E-state index in [0.717, 1.165) is 0 Å². The second-order valence-electron chi connectivity index (χ2n) is 3.91. The fourth-order valence-corrected chi connectivity index (χ4v) is 1.93. The fourth-order valence-electron chi connectivity index (χ4n) is 1.93. The van der Waals surface area contributed by atoms with Crippen molar-refractivity contribution in [3.05, 3.63) is 23.9 Å². The molecule has 0 radical (unpaired) electrons. The Hall–Kier alpha value is -1.05. The van der Waals surface area contributed by atoms with Crippen LogP contribution < -0.4 is 4.74 Å². The Morgan fingerprint density at radius 3 is 2.27 bits per heavy atom. The van der Waals surface area contributed by atoms with Crippen LogP contribution in [0.2, 0.25) is 0 Å². The maximum Gasteiger partial charge on any atom is 0.212 e. The molecule has 1 heterocycles. The number of pyridine rings is 1. The average molecular weight is 207 g/mol. The van der Waals surface area contributed by atoms with Crippen molar-refractivity contribution >= 4 is 0 Å². The first-order valence-electron chi connectivity index (χ1n) is 5.81. The Morgan fingerprint density at radius 2 is 1.87 bits per heavy atom. The number of hydrogen-bond acceptors (Lipinski definition) is 2. The maximum absolute atomic E-state index is 5.06. The fraction of sp³-hybridized carbons (Fsp3) is 0.615. The SMILES string of the molecule is CCCC(CCC)c1ccc(OC)nc1. The van der Waals surface area contributed by atoms with E-state index in [1.54, 1.807) is 7.11 Å². The van der Waals surface area contributed by atoms with Gasteiger partial charge < -0.3 is 4.74 Å². The van der Waals surface area contributed by atoms with E-state index >= 15 is 0 Å². The lowest BCUT2D eigenvalue weighted by Crippen LogP contribution is -1.99. The zero-order chi connectivity index (χ0) is 11.1. The molecule has 1 aromatic heterocycles. The standard InChI is InChI=1S/C13H21NO/c1-4-6-11(7-5-2)12-8-9-13(15-3)14-10-12/h8-11H,4-7H2,1-3H3. The Kier molecular flexibility index (Phi) is 5.16. The topological polar surface area (TPSA) is 22.1 Å². The van der Waals surface area contributed by atoms with Gasteiger partial charge in [0, 0.05) is 12.3 Å². The number of rotatable bonds is 6. The summed E-state index contributed by atoms with van der Waals surface area (Å²) in [6.45, 7) is 4.47. The van der Waals surface area contributed by atoms with E-state index < -0.39 is 0 Å². The van der Waals surface area contributed by atoms with Crippen LogP contribution >= 0.6 is 0 Å². The van der Waals surface area contributed by atoms with Crippen LogP contribution in [-0.2, 0) is 0 Å². The van der Waals surface area contributed by atoms with Gasteiger partial charge in [-0.15, -0.1) is 0 Å². The molecule has 0 fully saturated rings. The van der Waals surface area contributed by atoms with Gasteiger partial charge in [0.2, 0.25) is 5.88 Å². The van der Waals surface area contributed by atoms with Crippen molar-refractivity contribution < 1.29 is 4.74 Å². The number of aromatic nitrogens is 1. The summed E-state index contributed by atoms with van der Waals surface area (Å²) in [7, 11) is 1.65. The summed E-state index contributed by atoms with van der Waals surface area (Å²) in [6.07, 6.45) is 6.92. The first-order chi connectivity index (χ1) is 7.31. The van der Waals surface area contributed by atoms with Gasteiger partial charge in [-0.1, -0.05) is 32.8 Å².